The lowest BCUT2D eigenvalue weighted by atomic mass is 10.1. The molecule has 2 heterocycles. The molecule has 0 aliphatic carbocycles. The van der Waals surface area contributed by atoms with Gasteiger partial charge in [0, 0.05) is 13.0 Å². The molecule has 2 aliphatic rings. The third-order valence-corrected chi connectivity index (χ3v) is 5.03. The summed E-state index contributed by atoms with van der Waals surface area (Å²) in [4.78, 5) is 26.4. The van der Waals surface area contributed by atoms with Crippen LogP contribution in [0.2, 0.25) is 5.02 Å². The highest BCUT2D eigenvalue weighted by atomic mass is 35.5. The molecule has 2 amide bonds. The molecule has 0 radical (unpaired) electrons. The quantitative estimate of drug-likeness (QED) is 0.877. The second kappa shape index (κ2) is 7.48. The number of nitrogens with one attached hydrogen (secondary N) is 1. The minimum Gasteiger partial charge on any atom is -0.486 e. The minimum atomic E-state index is -0.412. The molecule has 0 unspecified atom stereocenters. The first-order valence-electron chi connectivity index (χ1n) is 8.83. The summed E-state index contributed by atoms with van der Waals surface area (Å²) >= 11 is 6.18. The molecule has 0 bridgehead atoms. The fraction of sp³-hybridized carbons (Fsp3) is 0.300. The first-order chi connectivity index (χ1) is 13.1. The summed E-state index contributed by atoms with van der Waals surface area (Å²) in [5.74, 6) is 0.696. The van der Waals surface area contributed by atoms with Crippen molar-refractivity contribution in [1.82, 2.24) is 5.32 Å². The number of rotatable bonds is 4. The number of hydrogen-bond donors (Lipinski definition) is 1. The Balaban J connectivity index is 1.33. The maximum absolute atomic E-state index is 12.5. The standard InChI is InChI=1S/C20H19ClN2O4/c21-15-5-1-2-6-16(15)23-11-13(9-19(23)24)20(25)22-10-14-12-26-17-7-3-4-8-18(17)27-14/h1-8,13-14H,9-12H2,(H,22,25)/t13-,14-/m1/s1. The Morgan fingerprint density at radius 2 is 1.89 bits per heavy atom. The molecule has 6 nitrogen and oxygen atoms in total. The molecular formula is C20H19ClN2O4. The number of halogens is 1. The Labute approximate surface area is 162 Å². The smallest absolute Gasteiger partial charge is 0.227 e. The van der Waals surface area contributed by atoms with Crippen molar-refractivity contribution in [2.24, 2.45) is 5.92 Å². The normalized spacial score (nSPS) is 21.2. The van der Waals surface area contributed by atoms with Crippen molar-refractivity contribution in [3.05, 3.63) is 53.6 Å². The Morgan fingerprint density at radius 1 is 1.15 bits per heavy atom. The van der Waals surface area contributed by atoms with Crippen LogP contribution in [-0.2, 0) is 9.59 Å². The third-order valence-electron chi connectivity index (χ3n) is 4.71. The van der Waals surface area contributed by atoms with Crippen molar-refractivity contribution < 1.29 is 19.1 Å². The van der Waals surface area contributed by atoms with E-state index in [0.717, 1.165) is 0 Å². The van der Waals surface area contributed by atoms with Gasteiger partial charge in [-0.25, -0.2) is 0 Å². The third kappa shape index (κ3) is 3.71. The van der Waals surface area contributed by atoms with Crippen molar-refractivity contribution in [2.45, 2.75) is 12.5 Å². The van der Waals surface area contributed by atoms with Crippen LogP contribution in [0, 0.1) is 5.92 Å². The molecule has 0 aromatic heterocycles. The van der Waals surface area contributed by atoms with Gasteiger partial charge in [-0.2, -0.15) is 0 Å². The van der Waals surface area contributed by atoms with Crippen molar-refractivity contribution >= 4 is 29.1 Å². The Kier molecular flexibility index (Phi) is 4.90. The number of hydrogen-bond acceptors (Lipinski definition) is 4. The number of benzene rings is 2. The molecule has 1 saturated heterocycles. The monoisotopic (exact) mass is 386 g/mol. The van der Waals surface area contributed by atoms with E-state index in [1.807, 2.05) is 30.3 Å². The second-order valence-electron chi connectivity index (χ2n) is 6.60. The number of ether oxygens (including phenoxy) is 2. The van der Waals surface area contributed by atoms with Crippen LogP contribution in [0.5, 0.6) is 11.5 Å². The van der Waals surface area contributed by atoms with Crippen LogP contribution in [0.25, 0.3) is 0 Å². The molecule has 4 rings (SSSR count). The Bertz CT molecular complexity index is 873. The van der Waals surface area contributed by atoms with Crippen LogP contribution in [0.1, 0.15) is 6.42 Å². The number of nitrogens with zero attached hydrogens (tertiary/aromatic N) is 1. The second-order valence-corrected chi connectivity index (χ2v) is 7.01. The van der Waals surface area contributed by atoms with Crippen LogP contribution in [0.15, 0.2) is 48.5 Å². The van der Waals surface area contributed by atoms with Gasteiger partial charge in [-0.05, 0) is 24.3 Å². The molecular weight excluding hydrogens is 368 g/mol. The molecule has 0 saturated carbocycles. The van der Waals surface area contributed by atoms with Gasteiger partial charge in [-0.3, -0.25) is 9.59 Å². The summed E-state index contributed by atoms with van der Waals surface area (Å²) in [5, 5.41) is 3.37. The molecule has 2 aromatic rings. The topological polar surface area (TPSA) is 67.9 Å². The lowest BCUT2D eigenvalue weighted by molar-refractivity contribution is -0.126. The van der Waals surface area contributed by atoms with E-state index in [9.17, 15) is 9.59 Å². The van der Waals surface area contributed by atoms with Crippen LogP contribution in [0.4, 0.5) is 5.69 Å². The zero-order valence-electron chi connectivity index (χ0n) is 14.6. The Hall–Kier alpha value is -2.73. The van der Waals surface area contributed by atoms with Crippen LogP contribution in [-0.4, -0.2) is 37.6 Å². The van der Waals surface area contributed by atoms with Crippen LogP contribution < -0.4 is 19.7 Å². The average molecular weight is 387 g/mol. The zero-order chi connectivity index (χ0) is 18.8. The maximum atomic E-state index is 12.5. The van der Waals surface area contributed by atoms with Gasteiger partial charge in [-0.1, -0.05) is 35.9 Å². The largest absolute Gasteiger partial charge is 0.486 e. The maximum Gasteiger partial charge on any atom is 0.227 e. The molecule has 2 aromatic carbocycles. The summed E-state index contributed by atoms with van der Waals surface area (Å²) < 4.78 is 11.5. The van der Waals surface area contributed by atoms with E-state index in [-0.39, 0.29) is 24.3 Å². The fourth-order valence-electron chi connectivity index (χ4n) is 3.31. The molecule has 1 fully saturated rings. The highest BCUT2D eigenvalue weighted by Crippen LogP contribution is 2.32. The van der Waals surface area contributed by atoms with E-state index in [4.69, 9.17) is 21.1 Å². The molecule has 0 spiro atoms. The van der Waals surface area contributed by atoms with E-state index in [1.54, 1.807) is 23.1 Å². The molecule has 7 heteroatoms. The predicted molar refractivity (Wildman–Crippen MR) is 101 cm³/mol. The van der Waals surface area contributed by atoms with Gasteiger partial charge in [0.05, 0.1) is 23.2 Å². The molecule has 27 heavy (non-hydrogen) atoms. The van der Waals surface area contributed by atoms with Gasteiger partial charge in [0.1, 0.15) is 12.7 Å². The summed E-state index contributed by atoms with van der Waals surface area (Å²) in [6.07, 6.45) is -0.0947. The highest BCUT2D eigenvalue weighted by molar-refractivity contribution is 6.33. The number of para-hydroxylation sites is 3. The van der Waals surface area contributed by atoms with Gasteiger partial charge in [0.15, 0.2) is 11.5 Å². The minimum absolute atomic E-state index is 0.102. The average Bonchev–Trinajstić information content (AvgIpc) is 3.08. The summed E-state index contributed by atoms with van der Waals surface area (Å²) in [6, 6.07) is 14.6. The molecule has 1 N–H and O–H groups in total. The molecule has 140 valence electrons. The number of amides is 2. The number of fused-ring (bicyclic) bond motifs is 1. The number of carbonyl (C=O) groups excluding carboxylic acids is 2. The van der Waals surface area contributed by atoms with E-state index >= 15 is 0 Å². The predicted octanol–water partition coefficient (Wildman–Crippen LogP) is 2.65. The lowest BCUT2D eigenvalue weighted by Crippen LogP contribution is -2.43. The van der Waals surface area contributed by atoms with Crippen LogP contribution >= 0.6 is 11.6 Å². The van der Waals surface area contributed by atoms with E-state index in [0.29, 0.717) is 41.9 Å². The lowest BCUT2D eigenvalue weighted by Gasteiger charge is -2.26. The van der Waals surface area contributed by atoms with E-state index in [2.05, 4.69) is 5.32 Å². The number of carbonyl (C=O) groups is 2. The SMILES string of the molecule is O=C(NC[C@@H]1COc2ccccc2O1)[C@@H]1CC(=O)N(c2ccccc2Cl)C1. The van der Waals surface area contributed by atoms with Crippen molar-refractivity contribution in [2.75, 3.05) is 24.6 Å². The van der Waals surface area contributed by atoms with E-state index in [1.165, 1.54) is 0 Å². The molecule has 2 atom stereocenters. The Morgan fingerprint density at radius 3 is 2.70 bits per heavy atom. The van der Waals surface area contributed by atoms with Gasteiger partial charge >= 0.3 is 0 Å². The number of anilines is 1. The van der Waals surface area contributed by atoms with Crippen molar-refractivity contribution in [3.8, 4) is 11.5 Å². The molecule has 2 aliphatic heterocycles. The summed E-state index contributed by atoms with van der Waals surface area (Å²) in [7, 11) is 0. The zero-order valence-corrected chi connectivity index (χ0v) is 15.3. The van der Waals surface area contributed by atoms with Gasteiger partial charge in [0.2, 0.25) is 11.8 Å². The fourth-order valence-corrected chi connectivity index (χ4v) is 3.55. The van der Waals surface area contributed by atoms with Gasteiger partial charge in [0.25, 0.3) is 0 Å². The van der Waals surface area contributed by atoms with Gasteiger partial charge < -0.3 is 19.7 Å². The first kappa shape index (κ1) is 17.7. The van der Waals surface area contributed by atoms with Crippen molar-refractivity contribution in [1.29, 1.82) is 0 Å². The van der Waals surface area contributed by atoms with Crippen LogP contribution in [0.3, 0.4) is 0 Å². The summed E-state index contributed by atoms with van der Waals surface area (Å²) in [6.45, 7) is 1.01. The first-order valence-corrected chi connectivity index (χ1v) is 9.20. The highest BCUT2D eigenvalue weighted by Gasteiger charge is 2.36. The van der Waals surface area contributed by atoms with E-state index < -0.39 is 5.92 Å². The van der Waals surface area contributed by atoms with Crippen molar-refractivity contribution in [3.63, 3.8) is 0 Å². The van der Waals surface area contributed by atoms with Gasteiger partial charge in [-0.15, -0.1) is 0 Å². The summed E-state index contributed by atoms with van der Waals surface area (Å²) in [5.41, 5.74) is 0.639.